The first-order chi connectivity index (χ1) is 13.4. The largest absolute Gasteiger partial charge is 0.351 e. The van der Waals surface area contributed by atoms with Crippen molar-refractivity contribution in [1.29, 1.82) is 0 Å². The van der Waals surface area contributed by atoms with Crippen molar-refractivity contribution in [3.8, 4) is 17.1 Å². The van der Waals surface area contributed by atoms with Crippen LogP contribution in [0.2, 0.25) is 0 Å². The third-order valence-electron chi connectivity index (χ3n) is 4.04. The van der Waals surface area contributed by atoms with E-state index in [1.165, 1.54) is 11.8 Å². The summed E-state index contributed by atoms with van der Waals surface area (Å²) < 4.78 is 1.89. The molecule has 1 atom stereocenters. The van der Waals surface area contributed by atoms with Gasteiger partial charge in [-0.2, -0.15) is 0 Å². The Labute approximate surface area is 166 Å². The maximum Gasteiger partial charge on any atom is 0.318 e. The molecule has 0 aliphatic carbocycles. The van der Waals surface area contributed by atoms with E-state index in [2.05, 4.69) is 26.6 Å². The Morgan fingerprint density at radius 2 is 2.00 bits per heavy atom. The van der Waals surface area contributed by atoms with E-state index in [1.807, 2.05) is 42.7 Å². The van der Waals surface area contributed by atoms with Gasteiger partial charge in [0.05, 0.1) is 10.9 Å². The van der Waals surface area contributed by atoms with Gasteiger partial charge < -0.3 is 5.73 Å². The number of benzene rings is 1. The minimum atomic E-state index is -0.885. The zero-order chi connectivity index (χ0) is 20.3. The second kappa shape index (κ2) is 8.22. The van der Waals surface area contributed by atoms with Gasteiger partial charge in [0.15, 0.2) is 11.0 Å². The summed E-state index contributed by atoms with van der Waals surface area (Å²) in [5.41, 5.74) is 8.93. The number of nitrogens with one attached hydrogen (secondary N) is 1. The summed E-state index contributed by atoms with van der Waals surface area (Å²) in [7, 11) is 0. The number of pyridine rings is 1. The number of nitrogens with two attached hydrogens (primary N) is 1. The average Bonchev–Trinajstić information content (AvgIpc) is 3.05. The number of hydrogen-bond donors (Lipinski definition) is 2. The third kappa shape index (κ3) is 4.20. The van der Waals surface area contributed by atoms with Crippen LogP contribution in [0.5, 0.6) is 0 Å². The Bertz CT molecular complexity index is 1020. The quantitative estimate of drug-likeness (QED) is 0.641. The van der Waals surface area contributed by atoms with Gasteiger partial charge in [-0.15, -0.1) is 10.2 Å². The molecule has 1 unspecified atom stereocenters. The van der Waals surface area contributed by atoms with Gasteiger partial charge in [-0.1, -0.05) is 29.5 Å². The lowest BCUT2D eigenvalue weighted by molar-refractivity contribution is -0.119. The van der Waals surface area contributed by atoms with E-state index in [4.69, 9.17) is 5.73 Å². The Morgan fingerprint density at radius 3 is 2.64 bits per heavy atom. The van der Waals surface area contributed by atoms with E-state index >= 15 is 0 Å². The van der Waals surface area contributed by atoms with Crippen LogP contribution < -0.4 is 11.1 Å². The van der Waals surface area contributed by atoms with Crippen LogP contribution in [0.4, 0.5) is 4.79 Å². The fourth-order valence-electron chi connectivity index (χ4n) is 2.74. The van der Waals surface area contributed by atoms with Crippen molar-refractivity contribution in [3.63, 3.8) is 0 Å². The fraction of sp³-hybridized carbons (Fsp3) is 0.211. The predicted octanol–water partition coefficient (Wildman–Crippen LogP) is 2.62. The molecule has 0 bridgehead atoms. The molecule has 0 fully saturated rings. The number of aromatic nitrogens is 4. The van der Waals surface area contributed by atoms with Crippen LogP contribution in [-0.2, 0) is 4.79 Å². The van der Waals surface area contributed by atoms with Crippen molar-refractivity contribution in [3.05, 3.63) is 53.9 Å². The maximum atomic E-state index is 12.1. The third-order valence-corrected chi connectivity index (χ3v) is 5.09. The average molecular weight is 396 g/mol. The Morgan fingerprint density at radius 1 is 1.21 bits per heavy atom. The lowest BCUT2D eigenvalue weighted by atomic mass is 10.1. The summed E-state index contributed by atoms with van der Waals surface area (Å²) in [6.45, 7) is 5.71. The number of carbonyl (C=O) groups excluding carboxylic acids is 2. The van der Waals surface area contributed by atoms with Crippen LogP contribution in [0.1, 0.15) is 18.1 Å². The van der Waals surface area contributed by atoms with Crippen molar-refractivity contribution in [2.75, 3.05) is 0 Å². The summed E-state index contributed by atoms with van der Waals surface area (Å²) in [5, 5.41) is 10.6. The van der Waals surface area contributed by atoms with Gasteiger partial charge in [-0.25, -0.2) is 4.79 Å². The van der Waals surface area contributed by atoms with Crippen LogP contribution in [0.3, 0.4) is 0 Å². The van der Waals surface area contributed by atoms with Gasteiger partial charge >= 0.3 is 6.03 Å². The molecule has 9 heteroatoms. The number of carbonyl (C=O) groups is 2. The standard InChI is InChI=1S/C19H20N6O2S/c1-11-6-7-15(12(2)9-11)25-16(14-5-4-8-21-10-14)23-24-19(25)28-13(3)17(26)22-18(20)27/h4-10,13H,1-3H3,(H3,20,22,26,27). The van der Waals surface area contributed by atoms with E-state index in [9.17, 15) is 9.59 Å². The molecule has 0 aliphatic rings. The van der Waals surface area contributed by atoms with Crippen molar-refractivity contribution in [2.45, 2.75) is 31.2 Å². The van der Waals surface area contributed by atoms with Gasteiger partial charge in [0, 0.05) is 18.0 Å². The van der Waals surface area contributed by atoms with E-state index in [0.29, 0.717) is 11.0 Å². The normalized spacial score (nSPS) is 11.8. The molecule has 1 aromatic carbocycles. The Balaban J connectivity index is 2.07. The highest BCUT2D eigenvalue weighted by Gasteiger charge is 2.23. The molecule has 0 radical (unpaired) electrons. The smallest absolute Gasteiger partial charge is 0.318 e. The Kier molecular flexibility index (Phi) is 5.74. The highest BCUT2D eigenvalue weighted by molar-refractivity contribution is 8.00. The maximum absolute atomic E-state index is 12.1. The molecule has 28 heavy (non-hydrogen) atoms. The minimum Gasteiger partial charge on any atom is -0.351 e. The second-order valence-corrected chi connectivity index (χ2v) is 7.59. The molecule has 3 rings (SSSR count). The summed E-state index contributed by atoms with van der Waals surface area (Å²) in [4.78, 5) is 27.2. The van der Waals surface area contributed by atoms with Crippen LogP contribution in [0.15, 0.2) is 47.9 Å². The van der Waals surface area contributed by atoms with Crippen LogP contribution in [-0.4, -0.2) is 36.9 Å². The van der Waals surface area contributed by atoms with Gasteiger partial charge in [0.1, 0.15) is 0 Å². The number of rotatable bonds is 5. The molecule has 2 aromatic heterocycles. The minimum absolute atomic E-state index is 0.490. The monoisotopic (exact) mass is 396 g/mol. The first-order valence-electron chi connectivity index (χ1n) is 8.57. The van der Waals surface area contributed by atoms with Crippen LogP contribution >= 0.6 is 11.8 Å². The van der Waals surface area contributed by atoms with Gasteiger partial charge in [-0.05, 0) is 44.5 Å². The van der Waals surface area contributed by atoms with Crippen molar-refractivity contribution < 1.29 is 9.59 Å². The molecule has 144 valence electrons. The van der Waals surface area contributed by atoms with Crippen molar-refractivity contribution in [2.24, 2.45) is 5.73 Å². The lowest BCUT2D eigenvalue weighted by Crippen LogP contribution is -2.39. The number of urea groups is 1. The molecule has 0 aliphatic heterocycles. The second-order valence-electron chi connectivity index (χ2n) is 6.29. The SMILES string of the molecule is Cc1ccc(-n2c(SC(C)C(=O)NC(N)=O)nnc2-c2cccnc2)c(C)c1. The van der Waals surface area contributed by atoms with Crippen molar-refractivity contribution >= 4 is 23.7 Å². The van der Waals surface area contributed by atoms with E-state index in [1.54, 1.807) is 19.3 Å². The zero-order valence-electron chi connectivity index (χ0n) is 15.7. The van der Waals surface area contributed by atoms with E-state index in [0.717, 1.165) is 22.4 Å². The molecule has 3 N–H and O–H groups in total. The first-order valence-corrected chi connectivity index (χ1v) is 9.45. The summed E-state index contributed by atoms with van der Waals surface area (Å²) in [6, 6.07) is 8.91. The molecule has 3 amide bonds. The summed E-state index contributed by atoms with van der Waals surface area (Å²) in [5.74, 6) is 0.126. The number of aryl methyl sites for hydroxylation is 2. The summed E-state index contributed by atoms with van der Waals surface area (Å²) >= 11 is 1.19. The molecule has 8 nitrogen and oxygen atoms in total. The zero-order valence-corrected chi connectivity index (χ0v) is 16.5. The van der Waals surface area contributed by atoms with Gasteiger partial charge in [0.25, 0.3) is 0 Å². The highest BCUT2D eigenvalue weighted by atomic mass is 32.2. The van der Waals surface area contributed by atoms with Crippen molar-refractivity contribution in [1.82, 2.24) is 25.1 Å². The number of thioether (sulfide) groups is 1. The predicted molar refractivity (Wildman–Crippen MR) is 107 cm³/mol. The molecule has 3 aromatic rings. The topological polar surface area (TPSA) is 116 Å². The van der Waals surface area contributed by atoms with Gasteiger partial charge in [0.2, 0.25) is 5.91 Å². The first kappa shape index (κ1) is 19.6. The number of imide groups is 1. The lowest BCUT2D eigenvalue weighted by Gasteiger charge is -2.15. The van der Waals surface area contributed by atoms with E-state index in [-0.39, 0.29) is 0 Å². The van der Waals surface area contributed by atoms with E-state index < -0.39 is 17.2 Å². The van der Waals surface area contributed by atoms with Gasteiger partial charge in [-0.3, -0.25) is 19.7 Å². The highest BCUT2D eigenvalue weighted by Crippen LogP contribution is 2.31. The number of hydrogen-bond acceptors (Lipinski definition) is 6. The molecular weight excluding hydrogens is 376 g/mol. The number of amides is 3. The summed E-state index contributed by atoms with van der Waals surface area (Å²) in [6.07, 6.45) is 3.40. The molecule has 0 saturated heterocycles. The van der Waals surface area contributed by atoms with Crippen LogP contribution in [0.25, 0.3) is 17.1 Å². The fourth-order valence-corrected chi connectivity index (χ4v) is 3.60. The molecule has 0 saturated carbocycles. The number of nitrogens with zero attached hydrogens (tertiary/aromatic N) is 4. The number of primary amides is 1. The Hall–Kier alpha value is -3.20. The van der Waals surface area contributed by atoms with Crippen LogP contribution in [0, 0.1) is 13.8 Å². The molecule has 0 spiro atoms. The molecular formula is C19H20N6O2S. The molecule has 2 heterocycles.